The third-order valence-corrected chi connectivity index (χ3v) is 3.49. The maximum absolute atomic E-state index is 5.70. The van der Waals surface area contributed by atoms with Crippen molar-refractivity contribution in [2.75, 3.05) is 24.6 Å². The fourth-order valence-corrected chi connectivity index (χ4v) is 2.44. The number of fused-ring (bicyclic) bond motifs is 1. The molecule has 1 aromatic heterocycles. The van der Waals surface area contributed by atoms with Crippen molar-refractivity contribution in [3.8, 4) is 17.6 Å². The predicted octanol–water partition coefficient (Wildman–Crippen LogP) is 3.17. The van der Waals surface area contributed by atoms with Crippen LogP contribution in [0, 0.1) is 18.8 Å². The molecule has 3 rings (SSSR count). The number of rotatable bonds is 2. The predicted molar refractivity (Wildman–Crippen MR) is 89.3 cm³/mol. The molecule has 2 heterocycles. The number of pyridine rings is 1. The van der Waals surface area contributed by atoms with Crippen molar-refractivity contribution in [2.45, 2.75) is 6.92 Å². The van der Waals surface area contributed by atoms with Gasteiger partial charge < -0.3 is 9.64 Å². The van der Waals surface area contributed by atoms with Gasteiger partial charge in [-0.25, -0.2) is 4.98 Å². The fourth-order valence-electron chi connectivity index (χ4n) is 2.44. The largest absolute Gasteiger partial charge is 0.490 e. The van der Waals surface area contributed by atoms with Crippen LogP contribution in [0.25, 0.3) is 0 Å². The van der Waals surface area contributed by atoms with Crippen molar-refractivity contribution in [2.24, 2.45) is 0 Å². The molecule has 0 spiro atoms. The minimum Gasteiger partial charge on any atom is -0.490 e. The van der Waals surface area contributed by atoms with Crippen molar-refractivity contribution in [3.05, 3.63) is 66.0 Å². The average molecular weight is 290 g/mol. The van der Waals surface area contributed by atoms with Gasteiger partial charge >= 0.3 is 0 Å². The van der Waals surface area contributed by atoms with Gasteiger partial charge in [-0.2, -0.15) is 0 Å². The Bertz CT molecular complexity index is 756. The van der Waals surface area contributed by atoms with Gasteiger partial charge in [-0.1, -0.05) is 18.1 Å². The smallest absolute Gasteiger partial charge is 0.142 e. The van der Waals surface area contributed by atoms with Gasteiger partial charge in [0, 0.05) is 17.8 Å². The average Bonchev–Trinajstić information content (AvgIpc) is 2.54. The second kappa shape index (κ2) is 6.36. The summed E-state index contributed by atoms with van der Waals surface area (Å²) in [5.41, 5.74) is 3.80. The first-order valence-corrected chi connectivity index (χ1v) is 7.34. The highest BCUT2D eigenvalue weighted by Crippen LogP contribution is 2.32. The van der Waals surface area contributed by atoms with E-state index in [1.807, 2.05) is 43.3 Å². The lowest BCUT2D eigenvalue weighted by atomic mass is 10.1. The van der Waals surface area contributed by atoms with Gasteiger partial charge in [0.25, 0.3) is 0 Å². The number of anilines is 1. The minimum absolute atomic E-state index is 0.707. The summed E-state index contributed by atoms with van der Waals surface area (Å²) in [6, 6.07) is 11.9. The molecule has 0 amide bonds. The van der Waals surface area contributed by atoms with Crippen LogP contribution in [0.2, 0.25) is 0 Å². The third-order valence-electron chi connectivity index (χ3n) is 3.49. The normalized spacial score (nSPS) is 12.7. The molecular weight excluding hydrogens is 272 g/mol. The van der Waals surface area contributed by atoms with Crippen LogP contribution in [0.1, 0.15) is 17.0 Å². The van der Waals surface area contributed by atoms with Crippen molar-refractivity contribution in [1.82, 2.24) is 4.98 Å². The molecule has 22 heavy (non-hydrogen) atoms. The zero-order chi connectivity index (χ0) is 15.4. The lowest BCUT2D eigenvalue weighted by molar-refractivity contribution is 0.309. The van der Waals surface area contributed by atoms with Gasteiger partial charge in [-0.05, 0) is 43.2 Å². The lowest BCUT2D eigenvalue weighted by Gasteiger charge is -2.30. The number of hydrogen-bond acceptors (Lipinski definition) is 3. The summed E-state index contributed by atoms with van der Waals surface area (Å²) in [5.74, 6) is 7.20. The van der Waals surface area contributed by atoms with Gasteiger partial charge in [0.05, 0.1) is 12.2 Å². The molecule has 0 saturated carbocycles. The molecule has 0 bridgehead atoms. The molecule has 0 saturated heterocycles. The molecular formula is C19H18N2O. The van der Waals surface area contributed by atoms with Crippen molar-refractivity contribution < 1.29 is 4.74 Å². The Morgan fingerprint density at radius 1 is 1.32 bits per heavy atom. The highest BCUT2D eigenvalue weighted by Gasteiger charge is 2.16. The summed E-state index contributed by atoms with van der Waals surface area (Å²) in [4.78, 5) is 6.65. The van der Waals surface area contributed by atoms with E-state index in [-0.39, 0.29) is 0 Å². The van der Waals surface area contributed by atoms with E-state index in [9.17, 15) is 0 Å². The molecule has 2 aromatic rings. The summed E-state index contributed by atoms with van der Waals surface area (Å²) in [6.45, 7) is 8.17. The van der Waals surface area contributed by atoms with Crippen LogP contribution in [0.4, 0.5) is 5.69 Å². The number of benzene rings is 1. The second-order valence-corrected chi connectivity index (χ2v) is 5.18. The van der Waals surface area contributed by atoms with Crippen molar-refractivity contribution >= 4 is 5.69 Å². The molecule has 3 nitrogen and oxygen atoms in total. The van der Waals surface area contributed by atoms with Crippen molar-refractivity contribution in [1.29, 1.82) is 0 Å². The summed E-state index contributed by atoms with van der Waals surface area (Å²) < 4.78 is 5.70. The Hall–Kier alpha value is -2.73. The zero-order valence-electron chi connectivity index (χ0n) is 12.7. The molecule has 1 aromatic carbocycles. The van der Waals surface area contributed by atoms with Crippen LogP contribution in [0.15, 0.2) is 49.1 Å². The lowest BCUT2D eigenvalue weighted by Crippen LogP contribution is -2.32. The molecule has 0 radical (unpaired) electrons. The van der Waals surface area contributed by atoms with E-state index in [1.54, 1.807) is 0 Å². The number of aromatic nitrogens is 1. The van der Waals surface area contributed by atoms with Gasteiger partial charge in [-0.15, -0.1) is 6.58 Å². The topological polar surface area (TPSA) is 25.4 Å². The van der Waals surface area contributed by atoms with E-state index in [2.05, 4.69) is 34.4 Å². The molecule has 110 valence electrons. The molecule has 0 aliphatic carbocycles. The first-order chi connectivity index (χ1) is 10.8. The Labute approximate surface area is 131 Å². The number of ether oxygens (including phenoxy) is 1. The number of aryl methyl sites for hydroxylation is 1. The maximum Gasteiger partial charge on any atom is 0.142 e. The number of nitrogens with zero attached hydrogens (tertiary/aromatic N) is 2. The van der Waals surface area contributed by atoms with E-state index in [0.29, 0.717) is 6.61 Å². The quantitative estimate of drug-likeness (QED) is 0.627. The van der Waals surface area contributed by atoms with Crippen LogP contribution < -0.4 is 9.64 Å². The van der Waals surface area contributed by atoms with Crippen LogP contribution in [0.3, 0.4) is 0 Å². The van der Waals surface area contributed by atoms with Gasteiger partial charge in [0.2, 0.25) is 0 Å². The Kier molecular flexibility index (Phi) is 4.11. The maximum atomic E-state index is 5.70. The third kappa shape index (κ3) is 3.12. The van der Waals surface area contributed by atoms with E-state index in [1.165, 1.54) is 0 Å². The Balaban J connectivity index is 1.90. The Morgan fingerprint density at radius 3 is 3.05 bits per heavy atom. The molecule has 0 N–H and O–H groups in total. The summed E-state index contributed by atoms with van der Waals surface area (Å²) in [5, 5.41) is 0. The van der Waals surface area contributed by atoms with E-state index >= 15 is 0 Å². The highest BCUT2D eigenvalue weighted by molar-refractivity contribution is 5.64. The fraction of sp³-hybridized carbons (Fsp3) is 0.211. The van der Waals surface area contributed by atoms with Crippen molar-refractivity contribution in [3.63, 3.8) is 0 Å². The van der Waals surface area contributed by atoms with E-state index in [4.69, 9.17) is 4.74 Å². The summed E-state index contributed by atoms with van der Waals surface area (Å²) in [7, 11) is 0. The first-order valence-electron chi connectivity index (χ1n) is 7.34. The van der Waals surface area contributed by atoms with Gasteiger partial charge in [-0.3, -0.25) is 0 Å². The minimum atomic E-state index is 0.707. The summed E-state index contributed by atoms with van der Waals surface area (Å²) in [6.07, 6.45) is 1.91. The monoisotopic (exact) mass is 290 g/mol. The second-order valence-electron chi connectivity index (χ2n) is 5.18. The molecule has 1 aliphatic rings. The van der Waals surface area contributed by atoms with Gasteiger partial charge in [0.1, 0.15) is 18.1 Å². The zero-order valence-corrected chi connectivity index (χ0v) is 12.7. The first kappa shape index (κ1) is 14.2. The van der Waals surface area contributed by atoms with Crippen LogP contribution >= 0.6 is 0 Å². The standard InChI is InChI=1S/C19H18N2O/c1-3-11-21-12-13-22-19-10-8-16(14-18(19)21)7-9-17-6-4-5-15(2)20-17/h3-6,8,10,14H,1,11-13H2,2H3. The molecule has 3 heteroatoms. The van der Waals surface area contributed by atoms with E-state index in [0.717, 1.165) is 41.5 Å². The number of hydrogen-bond donors (Lipinski definition) is 0. The van der Waals surface area contributed by atoms with Crippen LogP contribution in [-0.4, -0.2) is 24.7 Å². The molecule has 1 aliphatic heterocycles. The highest BCUT2D eigenvalue weighted by atomic mass is 16.5. The SMILES string of the molecule is C=CCN1CCOc2ccc(C#Cc3cccc(C)n3)cc21. The Morgan fingerprint density at radius 2 is 2.23 bits per heavy atom. The van der Waals surface area contributed by atoms with Gasteiger partial charge in [0.15, 0.2) is 0 Å². The molecule has 0 fully saturated rings. The summed E-state index contributed by atoms with van der Waals surface area (Å²) >= 11 is 0. The molecule has 0 unspecified atom stereocenters. The van der Waals surface area contributed by atoms with E-state index < -0.39 is 0 Å². The molecule has 0 atom stereocenters. The van der Waals surface area contributed by atoms with Crippen LogP contribution in [-0.2, 0) is 0 Å². The van der Waals surface area contributed by atoms with Crippen LogP contribution in [0.5, 0.6) is 5.75 Å².